The van der Waals surface area contributed by atoms with E-state index in [2.05, 4.69) is 55.2 Å². The van der Waals surface area contributed by atoms with Gasteiger partial charge in [0.1, 0.15) is 0 Å². The molecule has 0 aromatic heterocycles. The van der Waals surface area contributed by atoms with E-state index in [0.717, 1.165) is 67.5 Å². The summed E-state index contributed by atoms with van der Waals surface area (Å²) in [6, 6.07) is 0. The Morgan fingerprint density at radius 1 is 0.660 bits per heavy atom. The summed E-state index contributed by atoms with van der Waals surface area (Å²) >= 11 is 0. The minimum atomic E-state index is 0.0429. The molecular weight excluding hydrogens is 615 g/mol. The number of carbonyl (C=O) groups is 1. The van der Waals surface area contributed by atoms with Gasteiger partial charge in [0.15, 0.2) is 5.78 Å². The first-order valence-electron chi connectivity index (χ1n) is 21.4. The molecule has 0 amide bonds. The predicted molar refractivity (Wildman–Crippen MR) is 199 cm³/mol. The summed E-state index contributed by atoms with van der Waals surface area (Å²) in [5.41, 5.74) is 5.68. The van der Waals surface area contributed by atoms with Gasteiger partial charge in [0.05, 0.1) is 24.4 Å². The first kappa shape index (κ1) is 32.7. The zero-order valence-corrected chi connectivity index (χ0v) is 31.2. The molecule has 1 saturated heterocycles. The van der Waals surface area contributed by atoms with Gasteiger partial charge in [-0.15, -0.1) is 0 Å². The van der Waals surface area contributed by atoms with Gasteiger partial charge in [-0.2, -0.15) is 0 Å². The minimum absolute atomic E-state index is 0.0429. The molecule has 6 unspecified atom stereocenters. The lowest BCUT2D eigenvalue weighted by atomic mass is 9.50. The van der Waals surface area contributed by atoms with Crippen LogP contribution in [0.1, 0.15) is 123 Å². The highest BCUT2D eigenvalue weighted by Crippen LogP contribution is 2.68. The summed E-state index contributed by atoms with van der Waals surface area (Å²) in [6.07, 6.45) is 38.5. The second kappa shape index (κ2) is 12.1. The van der Waals surface area contributed by atoms with Gasteiger partial charge < -0.3 is 14.4 Å². The van der Waals surface area contributed by atoms with Crippen molar-refractivity contribution in [1.82, 2.24) is 4.90 Å². The maximum Gasteiger partial charge on any atom is 0.155 e. The molecule has 11 aliphatic rings. The third-order valence-corrected chi connectivity index (χ3v) is 17.9. The highest BCUT2D eigenvalue weighted by Gasteiger charge is 2.64. The second-order valence-corrected chi connectivity index (χ2v) is 19.3. The van der Waals surface area contributed by atoms with Crippen molar-refractivity contribution < 1.29 is 14.3 Å². The van der Waals surface area contributed by atoms with E-state index >= 15 is 0 Å². The number of carbonyl (C=O) groups excluding carboxylic acids is 1. The molecule has 11 rings (SSSR count). The molecule has 5 saturated carbocycles. The van der Waals surface area contributed by atoms with Crippen LogP contribution in [-0.2, 0) is 14.3 Å². The van der Waals surface area contributed by atoms with E-state index in [1.165, 1.54) is 115 Å². The molecule has 0 N–H and O–H groups in total. The number of nitrogens with zero attached hydrogens (tertiary/aromatic N) is 1. The molecule has 0 aromatic carbocycles. The fourth-order valence-electron chi connectivity index (χ4n) is 15.4. The van der Waals surface area contributed by atoms with Crippen molar-refractivity contribution in [1.29, 1.82) is 0 Å². The molecular formula is C46H63NO3. The number of likely N-dealkylation sites (tertiary alicyclic amines) is 1. The molecule has 50 heavy (non-hydrogen) atoms. The van der Waals surface area contributed by atoms with Gasteiger partial charge in [-0.25, -0.2) is 0 Å². The first-order valence-corrected chi connectivity index (χ1v) is 21.4. The van der Waals surface area contributed by atoms with Crippen LogP contribution >= 0.6 is 0 Å². The van der Waals surface area contributed by atoms with Crippen LogP contribution in [-0.4, -0.2) is 48.2 Å². The fraction of sp³-hybridized carbons (Fsp3) is 0.761. The molecule has 3 aliphatic heterocycles. The third kappa shape index (κ3) is 4.71. The lowest BCUT2D eigenvalue weighted by molar-refractivity contribution is -0.118. The Bertz CT molecular complexity index is 1550. The molecule has 0 aromatic rings. The average molecular weight is 678 g/mol. The molecule has 6 fully saturated rings. The average Bonchev–Trinajstić information content (AvgIpc) is 3.98. The number of rotatable bonds is 1. The van der Waals surface area contributed by atoms with Gasteiger partial charge >= 0.3 is 0 Å². The number of ketones is 1. The summed E-state index contributed by atoms with van der Waals surface area (Å²) in [4.78, 5) is 14.5. The molecule has 3 heterocycles. The summed E-state index contributed by atoms with van der Waals surface area (Å²) < 4.78 is 12.7. The number of fused-ring (bicyclic) bond motifs is 12. The van der Waals surface area contributed by atoms with Crippen LogP contribution in [0.25, 0.3) is 0 Å². The lowest BCUT2D eigenvalue weighted by Crippen LogP contribution is -2.52. The maximum atomic E-state index is 11.8. The van der Waals surface area contributed by atoms with Crippen LogP contribution in [0.4, 0.5) is 0 Å². The SMILES string of the molecule is C[C@]12CCC3C(CC=C4C=C(N5CCCC5)CC[C@@H]43)C1CC[C@@]21C=CCO1.C[C@]12CCC3C(CCC4=CC(=O)CC[C@@H]43)C1CC[C@@]21C=CCO1. The molecule has 12 atom stereocenters. The smallest absolute Gasteiger partial charge is 0.155 e. The normalized spacial score (nSPS) is 49.7. The van der Waals surface area contributed by atoms with Crippen molar-refractivity contribution in [3.8, 4) is 0 Å². The summed E-state index contributed by atoms with van der Waals surface area (Å²) in [5.74, 6) is 7.14. The zero-order chi connectivity index (χ0) is 33.7. The molecule has 8 aliphatic carbocycles. The molecule has 0 radical (unpaired) electrons. The van der Waals surface area contributed by atoms with Crippen LogP contribution < -0.4 is 0 Å². The summed E-state index contributed by atoms with van der Waals surface area (Å²) in [5, 5.41) is 0. The van der Waals surface area contributed by atoms with Crippen molar-refractivity contribution >= 4 is 5.78 Å². The van der Waals surface area contributed by atoms with Crippen LogP contribution in [0.15, 0.2) is 59.4 Å². The van der Waals surface area contributed by atoms with Crippen LogP contribution in [0.3, 0.4) is 0 Å². The van der Waals surface area contributed by atoms with Gasteiger partial charge in [0.2, 0.25) is 0 Å². The van der Waals surface area contributed by atoms with Crippen LogP contribution in [0.5, 0.6) is 0 Å². The van der Waals surface area contributed by atoms with E-state index in [4.69, 9.17) is 9.47 Å². The van der Waals surface area contributed by atoms with Crippen molar-refractivity contribution in [3.05, 3.63) is 59.4 Å². The van der Waals surface area contributed by atoms with E-state index in [0.29, 0.717) is 22.5 Å². The predicted octanol–water partition coefficient (Wildman–Crippen LogP) is 9.93. The van der Waals surface area contributed by atoms with Gasteiger partial charge in [0, 0.05) is 36.0 Å². The topological polar surface area (TPSA) is 38.8 Å². The highest BCUT2D eigenvalue weighted by atomic mass is 16.5. The largest absolute Gasteiger partial charge is 0.375 e. The Morgan fingerprint density at radius 3 is 1.96 bits per heavy atom. The quantitative estimate of drug-likeness (QED) is 0.259. The van der Waals surface area contributed by atoms with Crippen molar-refractivity contribution in [2.24, 2.45) is 58.2 Å². The number of ether oxygens (including phenoxy) is 2. The summed E-state index contributed by atoms with van der Waals surface area (Å²) in [7, 11) is 0. The Kier molecular flexibility index (Phi) is 7.89. The van der Waals surface area contributed by atoms with E-state index in [9.17, 15) is 4.79 Å². The highest BCUT2D eigenvalue weighted by molar-refractivity contribution is 5.91. The first-order chi connectivity index (χ1) is 24.3. The molecule has 0 bridgehead atoms. The Hall–Kier alpha value is -1.91. The van der Waals surface area contributed by atoms with Gasteiger partial charge in [-0.3, -0.25) is 4.79 Å². The zero-order valence-electron chi connectivity index (χ0n) is 31.2. The monoisotopic (exact) mass is 677 g/mol. The van der Waals surface area contributed by atoms with Crippen molar-refractivity contribution in [3.63, 3.8) is 0 Å². The van der Waals surface area contributed by atoms with Crippen LogP contribution in [0.2, 0.25) is 0 Å². The number of allylic oxidation sites excluding steroid dienone is 5. The molecule has 270 valence electrons. The fourth-order valence-corrected chi connectivity index (χ4v) is 15.4. The maximum absolute atomic E-state index is 11.8. The van der Waals surface area contributed by atoms with Gasteiger partial charge in [-0.1, -0.05) is 49.8 Å². The van der Waals surface area contributed by atoms with Crippen molar-refractivity contribution in [2.45, 2.75) is 134 Å². The second-order valence-electron chi connectivity index (χ2n) is 19.3. The summed E-state index contributed by atoms with van der Waals surface area (Å²) in [6.45, 7) is 9.34. The lowest BCUT2D eigenvalue weighted by Gasteiger charge is -2.55. The van der Waals surface area contributed by atoms with Gasteiger partial charge in [-0.05, 0) is 168 Å². The van der Waals surface area contributed by atoms with E-state index in [1.807, 2.05) is 6.08 Å². The van der Waals surface area contributed by atoms with E-state index in [1.54, 1.807) is 11.3 Å². The van der Waals surface area contributed by atoms with Crippen molar-refractivity contribution in [2.75, 3.05) is 26.3 Å². The Labute approximate surface area is 302 Å². The Balaban J connectivity index is 0.000000128. The Morgan fingerprint density at radius 2 is 1.30 bits per heavy atom. The molecule has 4 heteroatoms. The standard InChI is InChI=1S/C25H35NO.C21H28O2/c1-24-12-9-21-20-8-6-19(26-14-2-3-15-26)17-18(20)5-7-22(21)23(24)10-13-25(24)11-4-16-27-25;1-20-10-7-17-16-6-4-15(22)13-14(16)3-5-18(17)19(20)8-11-21(20)9-2-12-23-21/h4-5,11,17,20-23H,2-3,6-10,12-16H2,1H3;2,9,13,16-19H,3-8,10-12H2,1H3/t20-,21?,22?,23?,24-,25-;16-,17?,18?,19?,20-,21-/m00/s1. The van der Waals surface area contributed by atoms with Gasteiger partial charge in [0.25, 0.3) is 0 Å². The molecule has 2 spiro atoms. The van der Waals surface area contributed by atoms with E-state index < -0.39 is 0 Å². The number of hydrogen-bond donors (Lipinski definition) is 0. The van der Waals surface area contributed by atoms with E-state index in [-0.39, 0.29) is 11.2 Å². The third-order valence-electron chi connectivity index (χ3n) is 17.9. The molecule has 4 nitrogen and oxygen atoms in total. The minimum Gasteiger partial charge on any atom is -0.375 e. The van der Waals surface area contributed by atoms with Crippen LogP contribution in [0, 0.1) is 58.2 Å². The number of hydrogen-bond acceptors (Lipinski definition) is 4.